The van der Waals surface area contributed by atoms with Crippen LogP contribution in [0.25, 0.3) is 0 Å². The van der Waals surface area contributed by atoms with Crippen LogP contribution in [0.1, 0.15) is 57.6 Å². The molecule has 1 aromatic carbocycles. The smallest absolute Gasteiger partial charge is 0.127 e. The van der Waals surface area contributed by atoms with Crippen LogP contribution in [0.3, 0.4) is 0 Å². The lowest BCUT2D eigenvalue weighted by atomic mass is 9.68. The second-order valence-corrected chi connectivity index (χ2v) is 5.73. The fourth-order valence-electron chi connectivity index (χ4n) is 3.29. The molecule has 0 spiro atoms. The van der Waals surface area contributed by atoms with Crippen molar-refractivity contribution in [1.82, 2.24) is 5.32 Å². The Kier molecular flexibility index (Phi) is 4.39. The van der Waals surface area contributed by atoms with Gasteiger partial charge in [0.25, 0.3) is 0 Å². The van der Waals surface area contributed by atoms with Crippen molar-refractivity contribution in [2.45, 2.75) is 52.0 Å². The predicted molar refractivity (Wildman–Crippen MR) is 74.0 cm³/mol. The van der Waals surface area contributed by atoms with Crippen molar-refractivity contribution in [3.63, 3.8) is 0 Å². The first-order chi connectivity index (χ1) is 8.67. The lowest BCUT2D eigenvalue weighted by molar-refractivity contribution is 0.143. The van der Waals surface area contributed by atoms with Gasteiger partial charge in [0.15, 0.2) is 0 Å². The predicted octanol–water partition coefficient (Wildman–Crippen LogP) is 4.45. The molecule has 100 valence electrons. The maximum absolute atomic E-state index is 14.0. The summed E-state index contributed by atoms with van der Waals surface area (Å²) in [4.78, 5) is 0. The van der Waals surface area contributed by atoms with E-state index in [0.717, 1.165) is 12.1 Å². The van der Waals surface area contributed by atoms with Gasteiger partial charge < -0.3 is 5.32 Å². The molecule has 1 aliphatic carbocycles. The first-order valence-electron chi connectivity index (χ1n) is 7.15. The minimum absolute atomic E-state index is 0.0738. The number of benzene rings is 1. The maximum atomic E-state index is 14.0. The lowest BCUT2D eigenvalue weighted by Crippen LogP contribution is -2.38. The molecular formula is C16H24FN. The average Bonchev–Trinajstić information content (AvgIpc) is 2.38. The first kappa shape index (κ1) is 13.5. The van der Waals surface area contributed by atoms with E-state index in [9.17, 15) is 4.39 Å². The van der Waals surface area contributed by atoms with Gasteiger partial charge in [0.2, 0.25) is 0 Å². The van der Waals surface area contributed by atoms with E-state index in [2.05, 4.69) is 19.2 Å². The molecule has 1 N–H and O–H groups in total. The Bertz CT molecular complexity index is 382. The molecule has 0 radical (unpaired) electrons. The van der Waals surface area contributed by atoms with E-state index in [-0.39, 0.29) is 17.3 Å². The largest absolute Gasteiger partial charge is 0.310 e. The minimum atomic E-state index is -0.0738. The zero-order chi connectivity index (χ0) is 13.0. The van der Waals surface area contributed by atoms with Gasteiger partial charge in [-0.05, 0) is 30.9 Å². The van der Waals surface area contributed by atoms with Gasteiger partial charge in [0, 0.05) is 11.6 Å². The molecule has 0 amide bonds. The first-order valence-corrected chi connectivity index (χ1v) is 7.15. The third kappa shape index (κ3) is 2.74. The normalized spacial score (nSPS) is 20.6. The highest BCUT2D eigenvalue weighted by Gasteiger charge is 2.36. The summed E-state index contributed by atoms with van der Waals surface area (Å²) in [6, 6.07) is 7.36. The van der Waals surface area contributed by atoms with E-state index in [0.29, 0.717) is 0 Å². The van der Waals surface area contributed by atoms with Crippen LogP contribution in [-0.2, 0) is 0 Å². The summed E-state index contributed by atoms with van der Waals surface area (Å²) in [5, 5.41) is 3.51. The van der Waals surface area contributed by atoms with Crippen molar-refractivity contribution in [1.29, 1.82) is 0 Å². The van der Waals surface area contributed by atoms with Crippen molar-refractivity contribution >= 4 is 0 Å². The van der Waals surface area contributed by atoms with Crippen LogP contribution < -0.4 is 5.32 Å². The zero-order valence-electron chi connectivity index (χ0n) is 11.5. The Balaban J connectivity index is 2.30. The summed E-state index contributed by atoms with van der Waals surface area (Å²) in [5.74, 6) is -0.0738. The van der Waals surface area contributed by atoms with Crippen molar-refractivity contribution in [2.75, 3.05) is 6.54 Å². The molecule has 1 unspecified atom stereocenters. The second kappa shape index (κ2) is 5.83. The van der Waals surface area contributed by atoms with Crippen LogP contribution in [0.2, 0.25) is 0 Å². The van der Waals surface area contributed by atoms with E-state index in [1.165, 1.54) is 32.1 Å². The highest BCUT2D eigenvalue weighted by molar-refractivity contribution is 5.23. The van der Waals surface area contributed by atoms with Gasteiger partial charge in [0.05, 0.1) is 0 Å². The lowest BCUT2D eigenvalue weighted by Gasteiger charge is -2.41. The fourth-order valence-corrected chi connectivity index (χ4v) is 3.29. The Hall–Kier alpha value is -0.890. The van der Waals surface area contributed by atoms with Crippen LogP contribution in [0.4, 0.5) is 4.39 Å². The van der Waals surface area contributed by atoms with E-state index >= 15 is 0 Å². The number of nitrogens with one attached hydrogen (secondary N) is 1. The molecule has 2 rings (SSSR count). The summed E-state index contributed by atoms with van der Waals surface area (Å²) in [6.45, 7) is 5.29. The van der Waals surface area contributed by atoms with Gasteiger partial charge in [-0.1, -0.05) is 51.3 Å². The molecule has 1 aromatic rings. The SMILES string of the molecule is CCNC(c1ccccc1F)C1(C)CCCCC1. The van der Waals surface area contributed by atoms with Crippen LogP contribution >= 0.6 is 0 Å². The second-order valence-electron chi connectivity index (χ2n) is 5.73. The van der Waals surface area contributed by atoms with Crippen molar-refractivity contribution < 1.29 is 4.39 Å². The number of rotatable bonds is 4. The molecule has 1 aliphatic rings. The third-order valence-electron chi connectivity index (χ3n) is 4.32. The third-order valence-corrected chi connectivity index (χ3v) is 4.32. The fraction of sp³-hybridized carbons (Fsp3) is 0.625. The highest BCUT2D eigenvalue weighted by Crippen LogP contribution is 2.46. The number of hydrogen-bond acceptors (Lipinski definition) is 1. The molecule has 2 heteroatoms. The van der Waals surface area contributed by atoms with Crippen LogP contribution in [0.5, 0.6) is 0 Å². The monoisotopic (exact) mass is 249 g/mol. The van der Waals surface area contributed by atoms with E-state index in [4.69, 9.17) is 0 Å². The van der Waals surface area contributed by atoms with Crippen LogP contribution in [0.15, 0.2) is 24.3 Å². The number of halogens is 1. The highest BCUT2D eigenvalue weighted by atomic mass is 19.1. The summed E-state index contributed by atoms with van der Waals surface area (Å²) in [6.07, 6.45) is 6.25. The molecule has 0 heterocycles. The van der Waals surface area contributed by atoms with Gasteiger partial charge in [-0.25, -0.2) is 4.39 Å². The molecule has 0 saturated heterocycles. The Morgan fingerprint density at radius 3 is 2.50 bits per heavy atom. The van der Waals surface area contributed by atoms with E-state index < -0.39 is 0 Å². The zero-order valence-corrected chi connectivity index (χ0v) is 11.5. The molecular weight excluding hydrogens is 225 g/mol. The minimum Gasteiger partial charge on any atom is -0.310 e. The summed E-state index contributed by atoms with van der Waals surface area (Å²) >= 11 is 0. The Labute approximate surface area is 110 Å². The Morgan fingerprint density at radius 1 is 1.22 bits per heavy atom. The molecule has 18 heavy (non-hydrogen) atoms. The standard InChI is InChI=1S/C16H24FN/c1-3-18-15(13-9-5-6-10-14(13)17)16(2)11-7-4-8-12-16/h5-6,9-10,15,18H,3-4,7-8,11-12H2,1-2H3. The van der Waals surface area contributed by atoms with Crippen LogP contribution in [0, 0.1) is 11.2 Å². The van der Waals surface area contributed by atoms with E-state index in [1.54, 1.807) is 12.1 Å². The van der Waals surface area contributed by atoms with Gasteiger partial charge in [-0.15, -0.1) is 0 Å². The molecule has 1 nitrogen and oxygen atoms in total. The number of hydrogen-bond donors (Lipinski definition) is 1. The van der Waals surface area contributed by atoms with Crippen molar-refractivity contribution in [3.05, 3.63) is 35.6 Å². The topological polar surface area (TPSA) is 12.0 Å². The van der Waals surface area contributed by atoms with Crippen molar-refractivity contribution in [2.24, 2.45) is 5.41 Å². The molecule has 0 bridgehead atoms. The molecule has 1 saturated carbocycles. The molecule has 1 atom stereocenters. The summed E-state index contributed by atoms with van der Waals surface area (Å²) in [5.41, 5.74) is 1.03. The Morgan fingerprint density at radius 2 is 1.89 bits per heavy atom. The van der Waals surface area contributed by atoms with E-state index in [1.807, 2.05) is 12.1 Å². The van der Waals surface area contributed by atoms with Gasteiger partial charge >= 0.3 is 0 Å². The van der Waals surface area contributed by atoms with Gasteiger partial charge in [-0.2, -0.15) is 0 Å². The molecule has 0 aliphatic heterocycles. The van der Waals surface area contributed by atoms with Gasteiger partial charge in [-0.3, -0.25) is 0 Å². The summed E-state index contributed by atoms with van der Waals surface area (Å²) < 4.78 is 14.0. The molecule has 0 aromatic heterocycles. The van der Waals surface area contributed by atoms with Crippen molar-refractivity contribution in [3.8, 4) is 0 Å². The summed E-state index contributed by atoms with van der Waals surface area (Å²) in [7, 11) is 0. The molecule has 1 fully saturated rings. The quantitative estimate of drug-likeness (QED) is 0.831. The van der Waals surface area contributed by atoms with Crippen LogP contribution in [-0.4, -0.2) is 6.54 Å². The average molecular weight is 249 g/mol. The van der Waals surface area contributed by atoms with Gasteiger partial charge in [0.1, 0.15) is 5.82 Å². The maximum Gasteiger partial charge on any atom is 0.127 e.